The van der Waals surface area contributed by atoms with E-state index < -0.39 is 5.97 Å². The van der Waals surface area contributed by atoms with Crippen molar-refractivity contribution >= 4 is 45.0 Å². The predicted octanol–water partition coefficient (Wildman–Crippen LogP) is 4.89. The summed E-state index contributed by atoms with van der Waals surface area (Å²) in [7, 11) is 0. The third-order valence-corrected chi connectivity index (χ3v) is 5.70. The second-order valence-corrected chi connectivity index (χ2v) is 8.02. The van der Waals surface area contributed by atoms with Crippen molar-refractivity contribution in [3.63, 3.8) is 0 Å². The van der Waals surface area contributed by atoms with Crippen LogP contribution in [0.3, 0.4) is 0 Å². The number of benzene rings is 3. The molecule has 35 heavy (non-hydrogen) atoms. The highest BCUT2D eigenvalue weighted by Gasteiger charge is 2.17. The van der Waals surface area contributed by atoms with Gasteiger partial charge in [0.05, 0.1) is 11.9 Å². The Hall–Kier alpha value is -4.91. The zero-order valence-electron chi connectivity index (χ0n) is 18.4. The number of nitrogens with zero attached hydrogens (tertiary/aromatic N) is 2. The van der Waals surface area contributed by atoms with Gasteiger partial charge in [-0.15, -0.1) is 0 Å². The van der Waals surface area contributed by atoms with Crippen LogP contribution in [0.5, 0.6) is 0 Å². The molecule has 0 bridgehead atoms. The predicted molar refractivity (Wildman–Crippen MR) is 133 cm³/mol. The van der Waals surface area contributed by atoms with Gasteiger partial charge in [-0.1, -0.05) is 30.3 Å². The van der Waals surface area contributed by atoms with E-state index in [1.165, 1.54) is 6.20 Å². The molecule has 5 aromatic rings. The number of aromatic nitrogens is 2. The molecule has 0 saturated heterocycles. The van der Waals surface area contributed by atoms with Crippen LogP contribution in [0, 0.1) is 0 Å². The number of fused-ring (bicyclic) bond motifs is 2. The van der Waals surface area contributed by atoms with Gasteiger partial charge in [0.1, 0.15) is 5.69 Å². The van der Waals surface area contributed by atoms with Crippen molar-refractivity contribution in [3.05, 3.63) is 114 Å². The van der Waals surface area contributed by atoms with Gasteiger partial charge in [-0.05, 0) is 59.5 Å². The van der Waals surface area contributed by atoms with Crippen LogP contribution < -0.4 is 5.32 Å². The Balaban J connectivity index is 1.37. The molecule has 0 fully saturated rings. The number of carboxylic acids is 1. The molecule has 2 aromatic heterocycles. The van der Waals surface area contributed by atoms with Crippen LogP contribution in [0.2, 0.25) is 0 Å². The minimum absolute atomic E-state index is 0.176. The molecule has 3 aromatic carbocycles. The number of aliphatic carboxylic acids is 1. The minimum Gasteiger partial charge on any atom is -0.481 e. The first kappa shape index (κ1) is 21.9. The Morgan fingerprint density at radius 2 is 1.54 bits per heavy atom. The molecule has 5 rings (SSSR count). The van der Waals surface area contributed by atoms with Crippen LogP contribution in [0.15, 0.2) is 91.3 Å². The van der Waals surface area contributed by atoms with Crippen molar-refractivity contribution in [2.75, 3.05) is 5.32 Å². The van der Waals surface area contributed by atoms with E-state index in [0.29, 0.717) is 33.2 Å². The van der Waals surface area contributed by atoms with Crippen LogP contribution in [-0.4, -0.2) is 32.7 Å². The van der Waals surface area contributed by atoms with Gasteiger partial charge in [0.25, 0.3) is 5.91 Å². The summed E-state index contributed by atoms with van der Waals surface area (Å²) in [6, 6.07) is 22.7. The summed E-state index contributed by atoms with van der Waals surface area (Å²) >= 11 is 0. The number of carboxylic acid groups (broad SMARTS) is 1. The normalized spacial score (nSPS) is 10.9. The van der Waals surface area contributed by atoms with Crippen molar-refractivity contribution < 1.29 is 19.5 Å². The number of ketones is 1. The van der Waals surface area contributed by atoms with Gasteiger partial charge >= 0.3 is 5.97 Å². The van der Waals surface area contributed by atoms with Gasteiger partial charge in [0.2, 0.25) is 5.78 Å². The lowest BCUT2D eigenvalue weighted by molar-refractivity contribution is -0.136. The van der Waals surface area contributed by atoms with Crippen LogP contribution in [-0.2, 0) is 11.2 Å². The van der Waals surface area contributed by atoms with Crippen molar-refractivity contribution in [3.8, 4) is 0 Å². The number of hydrogen-bond donors (Lipinski definition) is 2. The number of nitrogens with one attached hydrogen (secondary N) is 1. The van der Waals surface area contributed by atoms with Gasteiger partial charge < -0.3 is 10.4 Å². The largest absolute Gasteiger partial charge is 0.481 e. The minimum atomic E-state index is -0.964. The molecule has 0 saturated carbocycles. The number of carbonyl (C=O) groups is 3. The van der Waals surface area contributed by atoms with Crippen molar-refractivity contribution in [1.29, 1.82) is 0 Å². The van der Waals surface area contributed by atoms with E-state index in [-0.39, 0.29) is 23.8 Å². The Morgan fingerprint density at radius 3 is 2.31 bits per heavy atom. The zero-order valence-corrected chi connectivity index (χ0v) is 18.4. The maximum atomic E-state index is 13.2. The summed E-state index contributed by atoms with van der Waals surface area (Å²) < 4.78 is 0. The maximum absolute atomic E-state index is 13.2. The van der Waals surface area contributed by atoms with Crippen molar-refractivity contribution in [1.82, 2.24) is 9.97 Å². The van der Waals surface area contributed by atoms with E-state index in [9.17, 15) is 14.4 Å². The molecule has 0 unspecified atom stereocenters. The molecular formula is C28H19N3O4. The van der Waals surface area contributed by atoms with Crippen LogP contribution >= 0.6 is 0 Å². The third-order valence-electron chi connectivity index (χ3n) is 5.70. The molecule has 1 amide bonds. The fraction of sp³-hybridized carbons (Fsp3) is 0.0357. The lowest BCUT2D eigenvalue weighted by Crippen LogP contribution is -2.12. The molecular weight excluding hydrogens is 442 g/mol. The van der Waals surface area contributed by atoms with E-state index in [1.54, 1.807) is 72.9 Å². The van der Waals surface area contributed by atoms with Crippen molar-refractivity contribution in [2.45, 2.75) is 6.42 Å². The van der Waals surface area contributed by atoms with E-state index >= 15 is 0 Å². The lowest BCUT2D eigenvalue weighted by Gasteiger charge is -2.10. The lowest BCUT2D eigenvalue weighted by atomic mass is 9.98. The second-order valence-electron chi connectivity index (χ2n) is 8.02. The highest BCUT2D eigenvalue weighted by molar-refractivity contribution is 6.15. The first-order chi connectivity index (χ1) is 17.0. The molecule has 7 nitrogen and oxygen atoms in total. The van der Waals surface area contributed by atoms with Gasteiger partial charge in [0.15, 0.2) is 0 Å². The number of amides is 1. The van der Waals surface area contributed by atoms with E-state index in [4.69, 9.17) is 5.11 Å². The monoisotopic (exact) mass is 461 g/mol. The standard InChI is InChI=1S/C28H19N3O4/c32-25(33)15-20-16-30-26(23-6-2-1-5-22(20)23)27(34)17-7-10-21(11-8-17)31-28(35)19-9-12-24-18(14-19)4-3-13-29-24/h1-14,16H,15H2,(H,31,35)(H,32,33). The number of anilines is 1. The SMILES string of the molecule is O=C(O)Cc1cnc(C(=O)c2ccc(NC(=O)c3ccc4ncccc4c3)cc2)c2ccccc12. The highest BCUT2D eigenvalue weighted by atomic mass is 16.4. The summed E-state index contributed by atoms with van der Waals surface area (Å²) in [5, 5.41) is 14.2. The molecule has 0 aliphatic carbocycles. The van der Waals surface area contributed by atoms with Crippen LogP contribution in [0.25, 0.3) is 21.7 Å². The molecule has 7 heteroatoms. The maximum Gasteiger partial charge on any atom is 0.307 e. The Bertz CT molecular complexity index is 1610. The summed E-state index contributed by atoms with van der Waals surface area (Å²) in [6.45, 7) is 0. The van der Waals surface area contributed by atoms with E-state index in [0.717, 1.165) is 10.9 Å². The summed E-state index contributed by atoms with van der Waals surface area (Å²) in [4.78, 5) is 45.6. The van der Waals surface area contributed by atoms with Gasteiger partial charge in [-0.3, -0.25) is 24.4 Å². The summed E-state index contributed by atoms with van der Waals surface area (Å²) in [6.07, 6.45) is 2.97. The molecule has 0 aliphatic heterocycles. The average molecular weight is 461 g/mol. The quantitative estimate of drug-likeness (QED) is 0.348. The Labute approximate surface area is 200 Å². The van der Waals surface area contributed by atoms with Crippen LogP contribution in [0.4, 0.5) is 5.69 Å². The van der Waals surface area contributed by atoms with E-state index in [1.807, 2.05) is 12.1 Å². The van der Waals surface area contributed by atoms with Crippen molar-refractivity contribution in [2.24, 2.45) is 0 Å². The second kappa shape index (κ2) is 9.15. The molecule has 170 valence electrons. The molecule has 2 N–H and O–H groups in total. The number of hydrogen-bond acceptors (Lipinski definition) is 5. The molecule has 2 heterocycles. The molecule has 0 aliphatic rings. The Morgan fingerprint density at radius 1 is 0.800 bits per heavy atom. The number of pyridine rings is 2. The van der Waals surface area contributed by atoms with Gasteiger partial charge in [-0.2, -0.15) is 0 Å². The summed E-state index contributed by atoms with van der Waals surface area (Å²) in [5.74, 6) is -1.52. The molecule has 0 radical (unpaired) electrons. The summed E-state index contributed by atoms with van der Waals surface area (Å²) in [5.41, 5.74) is 3.06. The smallest absolute Gasteiger partial charge is 0.307 e. The fourth-order valence-electron chi connectivity index (χ4n) is 4.00. The first-order valence-electron chi connectivity index (χ1n) is 10.9. The van der Waals surface area contributed by atoms with Crippen LogP contribution in [0.1, 0.15) is 32.0 Å². The van der Waals surface area contributed by atoms with Gasteiger partial charge in [-0.25, -0.2) is 0 Å². The number of rotatable bonds is 6. The fourth-order valence-corrected chi connectivity index (χ4v) is 4.00. The van der Waals surface area contributed by atoms with Gasteiger partial charge in [0, 0.05) is 40.0 Å². The molecule has 0 atom stereocenters. The number of carbonyl (C=O) groups excluding carboxylic acids is 2. The first-order valence-corrected chi connectivity index (χ1v) is 10.9. The van der Waals surface area contributed by atoms with E-state index in [2.05, 4.69) is 15.3 Å². The average Bonchev–Trinajstić information content (AvgIpc) is 2.88. The topological polar surface area (TPSA) is 109 Å². The highest BCUT2D eigenvalue weighted by Crippen LogP contribution is 2.24. The Kier molecular flexibility index (Phi) is 5.73. The third kappa shape index (κ3) is 4.47. The molecule has 0 spiro atoms. The zero-order chi connectivity index (χ0) is 24.4.